The highest BCUT2D eigenvalue weighted by Crippen LogP contribution is 2.41. The predicted molar refractivity (Wildman–Crippen MR) is 184 cm³/mol. The SMILES string of the molecule is c1cc(-c2cccc(-c3cccc4c3sc3ccccc34)c2)cc(-c2ccc3c4ccccc4c4nccnc4c3c2)c1. The summed E-state index contributed by atoms with van der Waals surface area (Å²) in [7, 11) is 0. The molecular formula is C40H24N2S. The van der Waals surface area contributed by atoms with Gasteiger partial charge in [-0.25, -0.2) is 0 Å². The molecule has 2 nitrogen and oxygen atoms in total. The topological polar surface area (TPSA) is 25.8 Å². The van der Waals surface area contributed by atoms with E-state index >= 15 is 0 Å². The summed E-state index contributed by atoms with van der Waals surface area (Å²) in [6.45, 7) is 0. The lowest BCUT2D eigenvalue weighted by Gasteiger charge is -2.12. The summed E-state index contributed by atoms with van der Waals surface area (Å²) in [4.78, 5) is 9.49. The predicted octanol–water partition coefficient (Wildman–Crippen LogP) is 11.3. The zero-order valence-electron chi connectivity index (χ0n) is 23.2. The van der Waals surface area contributed by atoms with E-state index in [1.807, 2.05) is 11.3 Å². The van der Waals surface area contributed by atoms with Crippen LogP contribution in [0.5, 0.6) is 0 Å². The van der Waals surface area contributed by atoms with Crippen molar-refractivity contribution in [2.45, 2.75) is 0 Å². The fraction of sp³-hybridized carbons (Fsp3) is 0. The summed E-state index contributed by atoms with van der Waals surface area (Å²) in [6.07, 6.45) is 3.57. The molecule has 0 bridgehead atoms. The fourth-order valence-electron chi connectivity index (χ4n) is 6.53. The first kappa shape index (κ1) is 24.2. The maximum atomic E-state index is 4.77. The maximum Gasteiger partial charge on any atom is 0.0971 e. The molecule has 2 heterocycles. The van der Waals surface area contributed by atoms with Gasteiger partial charge in [0, 0.05) is 43.3 Å². The Bertz CT molecular complexity index is 2490. The number of nitrogens with zero attached hydrogens (tertiary/aromatic N) is 2. The van der Waals surface area contributed by atoms with E-state index in [2.05, 4.69) is 133 Å². The summed E-state index contributed by atoms with van der Waals surface area (Å²) in [6, 6.07) is 48.4. The van der Waals surface area contributed by atoms with E-state index in [1.54, 1.807) is 12.4 Å². The van der Waals surface area contributed by atoms with Crippen molar-refractivity contribution in [1.29, 1.82) is 0 Å². The van der Waals surface area contributed by atoms with Gasteiger partial charge >= 0.3 is 0 Å². The van der Waals surface area contributed by atoms with E-state index in [9.17, 15) is 0 Å². The summed E-state index contributed by atoms with van der Waals surface area (Å²) >= 11 is 1.88. The first-order valence-electron chi connectivity index (χ1n) is 14.5. The molecule has 43 heavy (non-hydrogen) atoms. The van der Waals surface area contributed by atoms with Crippen molar-refractivity contribution in [1.82, 2.24) is 9.97 Å². The molecule has 0 saturated heterocycles. The number of aromatic nitrogens is 2. The average Bonchev–Trinajstić information content (AvgIpc) is 3.47. The van der Waals surface area contributed by atoms with Gasteiger partial charge < -0.3 is 0 Å². The van der Waals surface area contributed by atoms with Crippen molar-refractivity contribution in [3.05, 3.63) is 146 Å². The average molecular weight is 565 g/mol. The molecular weight excluding hydrogens is 541 g/mol. The van der Waals surface area contributed by atoms with Crippen molar-refractivity contribution in [3.8, 4) is 33.4 Å². The molecule has 0 amide bonds. The quantitative estimate of drug-likeness (QED) is 0.199. The highest BCUT2D eigenvalue weighted by Gasteiger charge is 2.13. The Morgan fingerprint density at radius 1 is 0.372 bits per heavy atom. The largest absolute Gasteiger partial charge is 0.252 e. The lowest BCUT2D eigenvalue weighted by molar-refractivity contribution is 1.31. The van der Waals surface area contributed by atoms with E-state index in [1.165, 1.54) is 64.3 Å². The van der Waals surface area contributed by atoms with Crippen LogP contribution in [-0.4, -0.2) is 9.97 Å². The monoisotopic (exact) mass is 564 g/mol. The van der Waals surface area contributed by atoms with Gasteiger partial charge in [-0.05, 0) is 68.4 Å². The second-order valence-corrected chi connectivity index (χ2v) is 12.1. The molecule has 0 saturated carbocycles. The van der Waals surface area contributed by atoms with Crippen LogP contribution in [0.3, 0.4) is 0 Å². The Kier molecular flexibility index (Phi) is 5.40. The number of benzene rings is 7. The minimum absolute atomic E-state index is 0.942. The Balaban J connectivity index is 1.17. The van der Waals surface area contributed by atoms with Crippen molar-refractivity contribution < 1.29 is 0 Å². The standard InChI is InChI=1S/C40H24N2S/c1-2-14-34-31(12-1)32-19-18-28(24-36(32)39-38(34)41-20-21-42-39)26-9-5-8-25(22-26)27-10-6-11-29(23-27)30-15-7-16-35-33-13-3-4-17-37(33)43-40(30)35/h1-24H. The Morgan fingerprint density at radius 3 is 1.72 bits per heavy atom. The molecule has 0 aliphatic carbocycles. The van der Waals surface area contributed by atoms with Crippen molar-refractivity contribution in [2.24, 2.45) is 0 Å². The summed E-state index contributed by atoms with van der Waals surface area (Å²) in [5.74, 6) is 0. The lowest BCUT2D eigenvalue weighted by Crippen LogP contribution is -1.89. The molecule has 7 aromatic carbocycles. The molecule has 200 valence electrons. The Hall–Kier alpha value is -5.38. The summed E-state index contributed by atoms with van der Waals surface area (Å²) in [5.41, 5.74) is 9.17. The van der Waals surface area contributed by atoms with Crippen LogP contribution in [0.4, 0.5) is 0 Å². The molecule has 3 heteroatoms. The van der Waals surface area contributed by atoms with Gasteiger partial charge in [-0.15, -0.1) is 11.3 Å². The van der Waals surface area contributed by atoms with Crippen LogP contribution >= 0.6 is 11.3 Å². The van der Waals surface area contributed by atoms with Gasteiger partial charge in [0.05, 0.1) is 11.0 Å². The Labute approximate surface area is 252 Å². The van der Waals surface area contributed by atoms with Crippen LogP contribution in [0.1, 0.15) is 0 Å². The van der Waals surface area contributed by atoms with Gasteiger partial charge in [0.25, 0.3) is 0 Å². The highest BCUT2D eigenvalue weighted by molar-refractivity contribution is 7.26. The first-order chi connectivity index (χ1) is 21.3. The van der Waals surface area contributed by atoms with Gasteiger partial charge in [0.15, 0.2) is 0 Å². The second kappa shape index (κ2) is 9.59. The first-order valence-corrected chi connectivity index (χ1v) is 15.3. The number of hydrogen-bond donors (Lipinski definition) is 0. The third kappa shape index (κ3) is 3.86. The van der Waals surface area contributed by atoms with Gasteiger partial charge in [0.1, 0.15) is 0 Å². The molecule has 0 fully saturated rings. The van der Waals surface area contributed by atoms with Gasteiger partial charge in [-0.1, -0.05) is 109 Å². The van der Waals surface area contributed by atoms with Crippen molar-refractivity contribution >= 4 is 64.1 Å². The van der Waals surface area contributed by atoms with E-state index < -0.39 is 0 Å². The Morgan fingerprint density at radius 2 is 0.930 bits per heavy atom. The maximum absolute atomic E-state index is 4.77. The minimum Gasteiger partial charge on any atom is -0.252 e. The molecule has 0 unspecified atom stereocenters. The summed E-state index contributed by atoms with van der Waals surface area (Å²) < 4.78 is 2.67. The zero-order valence-corrected chi connectivity index (χ0v) is 24.0. The van der Waals surface area contributed by atoms with Crippen molar-refractivity contribution in [2.75, 3.05) is 0 Å². The normalized spacial score (nSPS) is 11.7. The van der Waals surface area contributed by atoms with Crippen LogP contribution in [0.15, 0.2) is 146 Å². The van der Waals surface area contributed by atoms with E-state index in [-0.39, 0.29) is 0 Å². The number of fused-ring (bicyclic) bond motifs is 9. The summed E-state index contributed by atoms with van der Waals surface area (Å²) in [5, 5.41) is 7.33. The zero-order chi connectivity index (χ0) is 28.3. The molecule has 0 radical (unpaired) electrons. The smallest absolute Gasteiger partial charge is 0.0971 e. The van der Waals surface area contributed by atoms with Crippen LogP contribution < -0.4 is 0 Å². The number of hydrogen-bond acceptors (Lipinski definition) is 3. The molecule has 9 aromatic rings. The molecule has 0 spiro atoms. The van der Waals surface area contributed by atoms with E-state index in [0.29, 0.717) is 0 Å². The molecule has 0 N–H and O–H groups in total. The van der Waals surface area contributed by atoms with E-state index in [4.69, 9.17) is 9.97 Å². The van der Waals surface area contributed by atoms with Gasteiger partial charge in [0.2, 0.25) is 0 Å². The third-order valence-electron chi connectivity index (χ3n) is 8.55. The number of rotatable bonds is 3. The second-order valence-electron chi connectivity index (χ2n) is 11.0. The van der Waals surface area contributed by atoms with Crippen LogP contribution in [0.25, 0.3) is 86.1 Å². The van der Waals surface area contributed by atoms with E-state index in [0.717, 1.165) is 21.8 Å². The van der Waals surface area contributed by atoms with Gasteiger partial charge in [-0.2, -0.15) is 0 Å². The molecule has 0 aliphatic heterocycles. The number of thiophene rings is 1. The molecule has 9 rings (SSSR count). The van der Waals surface area contributed by atoms with Crippen LogP contribution in [-0.2, 0) is 0 Å². The van der Waals surface area contributed by atoms with Crippen LogP contribution in [0, 0.1) is 0 Å². The van der Waals surface area contributed by atoms with Crippen molar-refractivity contribution in [3.63, 3.8) is 0 Å². The molecule has 0 atom stereocenters. The molecule has 2 aromatic heterocycles. The fourth-order valence-corrected chi connectivity index (χ4v) is 7.77. The van der Waals surface area contributed by atoms with Gasteiger partial charge in [-0.3, -0.25) is 9.97 Å². The highest BCUT2D eigenvalue weighted by atomic mass is 32.1. The molecule has 0 aliphatic rings. The van der Waals surface area contributed by atoms with Crippen LogP contribution in [0.2, 0.25) is 0 Å². The lowest BCUT2D eigenvalue weighted by atomic mass is 9.93. The minimum atomic E-state index is 0.942. The third-order valence-corrected chi connectivity index (χ3v) is 9.77.